The van der Waals surface area contributed by atoms with E-state index >= 15 is 0 Å². The normalized spacial score (nSPS) is 20.4. The maximum Gasteiger partial charge on any atom is 0.262 e. The van der Waals surface area contributed by atoms with Gasteiger partial charge in [0.1, 0.15) is 29.0 Å². The molecule has 0 spiro atoms. The van der Waals surface area contributed by atoms with Crippen LogP contribution in [0, 0.1) is 23.1 Å². The van der Waals surface area contributed by atoms with Crippen molar-refractivity contribution < 1.29 is 13.6 Å². The first-order valence-corrected chi connectivity index (χ1v) is 8.85. The van der Waals surface area contributed by atoms with E-state index in [-0.39, 0.29) is 23.3 Å². The maximum absolute atomic E-state index is 13.0. The zero-order valence-corrected chi connectivity index (χ0v) is 14.7. The molecule has 1 heterocycles. The standard InChI is InChI=1S/C21H21FN2O2/c1-14-4-2-3-5-19(14)24-21(25)16(13-23)12-18-10-11-20(26-18)15-6-8-17(22)9-7-15/h6-12,14,19H,2-5H2,1H3,(H,24,25)/b16-12+/t14-,19-/m0/s1. The van der Waals surface area contributed by atoms with E-state index in [4.69, 9.17) is 4.42 Å². The first kappa shape index (κ1) is 17.9. The summed E-state index contributed by atoms with van der Waals surface area (Å²) in [4.78, 5) is 12.4. The quantitative estimate of drug-likeness (QED) is 0.641. The molecule has 2 aromatic rings. The van der Waals surface area contributed by atoms with Gasteiger partial charge in [-0.25, -0.2) is 4.39 Å². The zero-order valence-electron chi connectivity index (χ0n) is 14.7. The highest BCUT2D eigenvalue weighted by molar-refractivity contribution is 6.01. The summed E-state index contributed by atoms with van der Waals surface area (Å²) in [5, 5.41) is 12.3. The molecule has 1 aliphatic carbocycles. The minimum absolute atomic E-state index is 0.0165. The van der Waals surface area contributed by atoms with Crippen LogP contribution >= 0.6 is 0 Å². The van der Waals surface area contributed by atoms with Crippen LogP contribution in [0.15, 0.2) is 46.4 Å². The topological polar surface area (TPSA) is 66.0 Å². The summed E-state index contributed by atoms with van der Waals surface area (Å²) >= 11 is 0. The van der Waals surface area contributed by atoms with Gasteiger partial charge in [0.25, 0.3) is 5.91 Å². The highest BCUT2D eigenvalue weighted by Gasteiger charge is 2.24. The number of amides is 1. The molecule has 1 fully saturated rings. The molecule has 1 saturated carbocycles. The minimum atomic E-state index is -0.369. The number of halogens is 1. The Morgan fingerprint density at radius 1 is 1.23 bits per heavy atom. The molecular weight excluding hydrogens is 331 g/mol. The van der Waals surface area contributed by atoms with E-state index in [1.165, 1.54) is 24.6 Å². The van der Waals surface area contributed by atoms with Crippen molar-refractivity contribution in [3.8, 4) is 17.4 Å². The van der Waals surface area contributed by atoms with E-state index in [0.29, 0.717) is 17.4 Å². The van der Waals surface area contributed by atoms with Crippen LogP contribution in [0.3, 0.4) is 0 Å². The van der Waals surface area contributed by atoms with Crippen LogP contribution in [0.4, 0.5) is 4.39 Å². The number of rotatable bonds is 4. The van der Waals surface area contributed by atoms with Crippen molar-refractivity contribution in [1.29, 1.82) is 5.26 Å². The number of furan rings is 1. The Morgan fingerprint density at radius 3 is 2.65 bits per heavy atom. The fraction of sp³-hybridized carbons (Fsp3) is 0.333. The molecular formula is C21H21FN2O2. The van der Waals surface area contributed by atoms with Crippen LogP contribution in [0.2, 0.25) is 0 Å². The Labute approximate surface area is 152 Å². The number of hydrogen-bond acceptors (Lipinski definition) is 3. The third-order valence-corrected chi connectivity index (χ3v) is 4.84. The molecule has 1 N–H and O–H groups in total. The Bertz CT molecular complexity index is 846. The molecule has 134 valence electrons. The fourth-order valence-corrected chi connectivity index (χ4v) is 3.27. The second kappa shape index (κ2) is 8.01. The molecule has 26 heavy (non-hydrogen) atoms. The average molecular weight is 352 g/mol. The van der Waals surface area contributed by atoms with Crippen molar-refractivity contribution in [1.82, 2.24) is 5.32 Å². The summed E-state index contributed by atoms with van der Waals surface area (Å²) in [6.45, 7) is 2.13. The van der Waals surface area contributed by atoms with Gasteiger partial charge in [0.15, 0.2) is 0 Å². The molecule has 0 aliphatic heterocycles. The monoisotopic (exact) mass is 352 g/mol. The lowest BCUT2D eigenvalue weighted by Gasteiger charge is -2.29. The second-order valence-electron chi connectivity index (χ2n) is 6.72. The highest BCUT2D eigenvalue weighted by Crippen LogP contribution is 2.25. The number of hydrogen-bond donors (Lipinski definition) is 1. The molecule has 4 nitrogen and oxygen atoms in total. The molecule has 1 amide bonds. The van der Waals surface area contributed by atoms with Gasteiger partial charge in [0.05, 0.1) is 0 Å². The van der Waals surface area contributed by atoms with Crippen LogP contribution in [0.5, 0.6) is 0 Å². The second-order valence-corrected chi connectivity index (χ2v) is 6.72. The van der Waals surface area contributed by atoms with Gasteiger partial charge in [0, 0.05) is 17.7 Å². The van der Waals surface area contributed by atoms with Crippen molar-refractivity contribution in [3.63, 3.8) is 0 Å². The van der Waals surface area contributed by atoms with E-state index in [0.717, 1.165) is 24.8 Å². The zero-order chi connectivity index (χ0) is 18.5. The van der Waals surface area contributed by atoms with Crippen molar-refractivity contribution in [2.45, 2.75) is 38.6 Å². The third kappa shape index (κ3) is 4.20. The molecule has 0 bridgehead atoms. The number of benzene rings is 1. The Hall–Kier alpha value is -2.87. The summed E-state index contributed by atoms with van der Waals surface area (Å²) in [6, 6.07) is 11.4. The van der Waals surface area contributed by atoms with E-state index in [1.54, 1.807) is 24.3 Å². The van der Waals surface area contributed by atoms with Gasteiger partial charge >= 0.3 is 0 Å². The number of nitrogens with zero attached hydrogens (tertiary/aromatic N) is 1. The van der Waals surface area contributed by atoms with E-state index < -0.39 is 0 Å². The number of carbonyl (C=O) groups is 1. The van der Waals surface area contributed by atoms with Crippen molar-refractivity contribution in [3.05, 3.63) is 53.5 Å². The van der Waals surface area contributed by atoms with Crippen LogP contribution in [0.1, 0.15) is 38.4 Å². The molecule has 1 aromatic heterocycles. The van der Waals surface area contributed by atoms with E-state index in [9.17, 15) is 14.4 Å². The van der Waals surface area contributed by atoms with Gasteiger partial charge in [-0.3, -0.25) is 4.79 Å². The lowest BCUT2D eigenvalue weighted by atomic mass is 9.86. The van der Waals surface area contributed by atoms with Crippen LogP contribution in [0.25, 0.3) is 17.4 Å². The molecule has 2 atom stereocenters. The number of nitriles is 1. The molecule has 0 radical (unpaired) electrons. The molecule has 1 aromatic carbocycles. The first-order chi connectivity index (χ1) is 12.6. The third-order valence-electron chi connectivity index (χ3n) is 4.84. The van der Waals surface area contributed by atoms with Crippen LogP contribution in [-0.4, -0.2) is 11.9 Å². The molecule has 3 rings (SSSR count). The smallest absolute Gasteiger partial charge is 0.262 e. The lowest BCUT2D eigenvalue weighted by molar-refractivity contribution is -0.118. The molecule has 0 unspecified atom stereocenters. The van der Waals surface area contributed by atoms with Gasteiger partial charge in [-0.15, -0.1) is 0 Å². The van der Waals surface area contributed by atoms with Gasteiger partial charge in [-0.05, 0) is 55.2 Å². The SMILES string of the molecule is C[C@H]1CCCC[C@@H]1NC(=O)/C(C#N)=C/c1ccc(-c2ccc(F)cc2)o1. The van der Waals surface area contributed by atoms with Crippen LogP contribution < -0.4 is 5.32 Å². The summed E-state index contributed by atoms with van der Waals surface area (Å²) in [5.41, 5.74) is 0.743. The molecule has 5 heteroatoms. The Morgan fingerprint density at radius 2 is 1.96 bits per heavy atom. The summed E-state index contributed by atoms with van der Waals surface area (Å²) < 4.78 is 18.7. The largest absolute Gasteiger partial charge is 0.457 e. The van der Waals surface area contributed by atoms with Gasteiger partial charge in [-0.2, -0.15) is 5.26 Å². The minimum Gasteiger partial charge on any atom is -0.457 e. The van der Waals surface area contributed by atoms with Crippen molar-refractivity contribution >= 4 is 12.0 Å². The maximum atomic E-state index is 13.0. The first-order valence-electron chi connectivity index (χ1n) is 8.85. The number of nitrogens with one attached hydrogen (secondary N) is 1. The molecule has 1 aliphatic rings. The van der Waals surface area contributed by atoms with Gasteiger partial charge in [-0.1, -0.05) is 19.8 Å². The molecule has 0 saturated heterocycles. The van der Waals surface area contributed by atoms with Crippen molar-refractivity contribution in [2.24, 2.45) is 5.92 Å². The van der Waals surface area contributed by atoms with E-state index in [2.05, 4.69) is 12.2 Å². The summed E-state index contributed by atoms with van der Waals surface area (Å²) in [5.74, 6) is 0.690. The van der Waals surface area contributed by atoms with Crippen LogP contribution in [-0.2, 0) is 4.79 Å². The predicted octanol–water partition coefficient (Wildman–Crippen LogP) is 4.69. The fourth-order valence-electron chi connectivity index (χ4n) is 3.27. The Balaban J connectivity index is 1.73. The summed E-state index contributed by atoms with van der Waals surface area (Å²) in [7, 11) is 0. The summed E-state index contributed by atoms with van der Waals surface area (Å²) in [6.07, 6.45) is 5.76. The Kier molecular flexibility index (Phi) is 5.52. The average Bonchev–Trinajstić information content (AvgIpc) is 3.10. The van der Waals surface area contributed by atoms with Gasteiger partial charge in [0.2, 0.25) is 0 Å². The lowest BCUT2D eigenvalue weighted by Crippen LogP contribution is -2.41. The number of carbonyl (C=O) groups excluding carboxylic acids is 1. The highest BCUT2D eigenvalue weighted by atomic mass is 19.1. The van der Waals surface area contributed by atoms with E-state index in [1.807, 2.05) is 6.07 Å². The predicted molar refractivity (Wildman–Crippen MR) is 97.3 cm³/mol. The van der Waals surface area contributed by atoms with Gasteiger partial charge < -0.3 is 9.73 Å². The van der Waals surface area contributed by atoms with Crippen molar-refractivity contribution in [2.75, 3.05) is 0 Å².